The van der Waals surface area contributed by atoms with Gasteiger partial charge in [-0.05, 0) is 11.5 Å². The van der Waals surface area contributed by atoms with Crippen molar-refractivity contribution in [3.05, 3.63) is 35.9 Å². The number of rotatable bonds is 9. The molecule has 1 saturated heterocycles. The second-order valence-corrected chi connectivity index (χ2v) is 8.01. The number of hydrogen-bond donors (Lipinski definition) is 2. The molecule has 7 nitrogen and oxygen atoms in total. The van der Waals surface area contributed by atoms with Gasteiger partial charge >= 0.3 is 0 Å². The van der Waals surface area contributed by atoms with Gasteiger partial charge in [0.05, 0.1) is 12.7 Å². The lowest BCUT2D eigenvalue weighted by Crippen LogP contribution is -2.50. The topological polar surface area (TPSA) is 69.2 Å². The highest BCUT2D eigenvalue weighted by atomic mass is 16.5. The van der Waals surface area contributed by atoms with Gasteiger partial charge in [0.1, 0.15) is 0 Å². The maximum absolute atomic E-state index is 12.3. The van der Waals surface area contributed by atoms with Crippen molar-refractivity contribution >= 4 is 11.9 Å². The molecule has 7 heteroatoms. The second kappa shape index (κ2) is 12.4. The van der Waals surface area contributed by atoms with Crippen LogP contribution in [-0.2, 0) is 16.1 Å². The van der Waals surface area contributed by atoms with E-state index >= 15 is 0 Å². The first-order chi connectivity index (χ1) is 14.0. The van der Waals surface area contributed by atoms with Gasteiger partial charge in [-0.2, -0.15) is 0 Å². The third-order valence-corrected chi connectivity index (χ3v) is 4.89. The minimum Gasteiger partial charge on any atom is -0.374 e. The average molecular weight is 404 g/mol. The van der Waals surface area contributed by atoms with Crippen molar-refractivity contribution in [2.24, 2.45) is 10.9 Å². The van der Waals surface area contributed by atoms with Crippen LogP contribution < -0.4 is 10.6 Å². The molecule has 0 aromatic heterocycles. The Kier molecular flexibility index (Phi) is 9.94. The number of benzene rings is 1. The van der Waals surface area contributed by atoms with E-state index < -0.39 is 0 Å². The first-order valence-corrected chi connectivity index (χ1v) is 10.5. The maximum atomic E-state index is 12.3. The van der Waals surface area contributed by atoms with Gasteiger partial charge in [-0.3, -0.25) is 14.7 Å². The summed E-state index contributed by atoms with van der Waals surface area (Å²) >= 11 is 0. The molecule has 0 spiro atoms. The number of guanidine groups is 1. The normalized spacial score (nSPS) is 18.0. The molecule has 1 aliphatic heterocycles. The van der Waals surface area contributed by atoms with Crippen LogP contribution in [0.25, 0.3) is 0 Å². The Morgan fingerprint density at radius 2 is 2.07 bits per heavy atom. The molecule has 2 N–H and O–H groups in total. The number of nitrogens with one attached hydrogen (secondary N) is 2. The molecule has 1 atom stereocenters. The molecule has 1 amide bonds. The van der Waals surface area contributed by atoms with Crippen LogP contribution in [-0.4, -0.2) is 81.2 Å². The Morgan fingerprint density at radius 3 is 2.76 bits per heavy atom. The summed E-state index contributed by atoms with van der Waals surface area (Å²) in [4.78, 5) is 20.8. The van der Waals surface area contributed by atoms with E-state index in [9.17, 15) is 4.79 Å². The minimum absolute atomic E-state index is 0.108. The van der Waals surface area contributed by atoms with Crippen LogP contribution in [0, 0.1) is 5.92 Å². The van der Waals surface area contributed by atoms with Crippen LogP contribution in [0.4, 0.5) is 0 Å². The van der Waals surface area contributed by atoms with Gasteiger partial charge in [-0.1, -0.05) is 44.2 Å². The smallest absolute Gasteiger partial charge is 0.224 e. The summed E-state index contributed by atoms with van der Waals surface area (Å²) in [5.74, 6) is 1.47. The number of amides is 1. The van der Waals surface area contributed by atoms with Crippen LogP contribution in [0.15, 0.2) is 35.3 Å². The molecule has 1 unspecified atom stereocenters. The predicted molar refractivity (Wildman–Crippen MR) is 118 cm³/mol. The SMILES string of the molecule is CN=C(NCCC(=O)N(C)Cc1ccccc1)NCC1CN(CC(C)C)CCO1. The molecular formula is C22H37N5O2. The van der Waals surface area contributed by atoms with Crippen molar-refractivity contribution in [1.82, 2.24) is 20.4 Å². The monoisotopic (exact) mass is 403 g/mol. The fourth-order valence-electron chi connectivity index (χ4n) is 3.44. The van der Waals surface area contributed by atoms with E-state index in [1.54, 1.807) is 11.9 Å². The molecule has 162 valence electrons. The fraction of sp³-hybridized carbons (Fsp3) is 0.636. The fourth-order valence-corrected chi connectivity index (χ4v) is 3.44. The lowest BCUT2D eigenvalue weighted by Gasteiger charge is -2.34. The van der Waals surface area contributed by atoms with Crippen LogP contribution in [0.2, 0.25) is 0 Å². The van der Waals surface area contributed by atoms with Gasteiger partial charge in [0.2, 0.25) is 5.91 Å². The molecule has 0 saturated carbocycles. The van der Waals surface area contributed by atoms with Crippen LogP contribution >= 0.6 is 0 Å². The van der Waals surface area contributed by atoms with Crippen molar-refractivity contribution in [1.29, 1.82) is 0 Å². The van der Waals surface area contributed by atoms with Crippen molar-refractivity contribution in [2.45, 2.75) is 32.9 Å². The number of morpholine rings is 1. The molecule has 1 fully saturated rings. The average Bonchev–Trinajstić information content (AvgIpc) is 2.71. The van der Waals surface area contributed by atoms with Crippen molar-refractivity contribution in [2.75, 3.05) is 53.4 Å². The highest BCUT2D eigenvalue weighted by Gasteiger charge is 2.21. The third-order valence-electron chi connectivity index (χ3n) is 4.89. The molecule has 0 radical (unpaired) electrons. The van der Waals surface area contributed by atoms with E-state index in [1.807, 2.05) is 37.4 Å². The van der Waals surface area contributed by atoms with E-state index in [-0.39, 0.29) is 12.0 Å². The summed E-state index contributed by atoms with van der Waals surface area (Å²) in [6.07, 6.45) is 0.575. The van der Waals surface area contributed by atoms with Crippen molar-refractivity contribution in [3.63, 3.8) is 0 Å². The molecule has 1 aromatic carbocycles. The number of hydrogen-bond acceptors (Lipinski definition) is 4. The summed E-state index contributed by atoms with van der Waals surface area (Å²) in [6.45, 7) is 10.2. The second-order valence-electron chi connectivity index (χ2n) is 8.01. The number of ether oxygens (including phenoxy) is 1. The minimum atomic E-state index is 0.108. The highest BCUT2D eigenvalue weighted by molar-refractivity contribution is 5.81. The number of carbonyl (C=O) groups is 1. The Labute approximate surface area is 175 Å². The maximum Gasteiger partial charge on any atom is 0.224 e. The summed E-state index contributed by atoms with van der Waals surface area (Å²) in [6, 6.07) is 10.0. The van der Waals surface area contributed by atoms with Gasteiger partial charge in [0.25, 0.3) is 0 Å². The summed E-state index contributed by atoms with van der Waals surface area (Å²) < 4.78 is 5.87. The Bertz CT molecular complexity index is 635. The molecule has 1 aliphatic rings. The zero-order valence-electron chi connectivity index (χ0n) is 18.4. The highest BCUT2D eigenvalue weighted by Crippen LogP contribution is 2.07. The third kappa shape index (κ3) is 8.83. The van der Waals surface area contributed by atoms with Gasteiger partial charge in [-0.15, -0.1) is 0 Å². The van der Waals surface area contributed by atoms with E-state index in [1.165, 1.54) is 0 Å². The van der Waals surface area contributed by atoms with Crippen LogP contribution in [0.5, 0.6) is 0 Å². The van der Waals surface area contributed by atoms with Gasteiger partial charge in [0.15, 0.2) is 5.96 Å². The lowest BCUT2D eigenvalue weighted by molar-refractivity contribution is -0.130. The number of nitrogens with zero attached hydrogens (tertiary/aromatic N) is 3. The Morgan fingerprint density at radius 1 is 1.31 bits per heavy atom. The molecule has 1 heterocycles. The summed E-state index contributed by atoms with van der Waals surface area (Å²) in [5.41, 5.74) is 1.13. The zero-order valence-corrected chi connectivity index (χ0v) is 18.4. The number of aliphatic imine (C=N–C) groups is 1. The van der Waals surface area contributed by atoms with E-state index in [4.69, 9.17) is 4.74 Å². The molecule has 1 aromatic rings. The van der Waals surface area contributed by atoms with Crippen LogP contribution in [0.1, 0.15) is 25.8 Å². The van der Waals surface area contributed by atoms with Gasteiger partial charge < -0.3 is 20.3 Å². The quantitative estimate of drug-likeness (QED) is 0.484. The van der Waals surface area contributed by atoms with E-state index in [2.05, 4.69) is 34.4 Å². The molecule has 0 bridgehead atoms. The Hall–Kier alpha value is -2.12. The largest absolute Gasteiger partial charge is 0.374 e. The summed E-state index contributed by atoms with van der Waals surface area (Å²) in [7, 11) is 3.58. The van der Waals surface area contributed by atoms with Gasteiger partial charge in [0, 0.05) is 59.8 Å². The first-order valence-electron chi connectivity index (χ1n) is 10.5. The Balaban J connectivity index is 1.66. The van der Waals surface area contributed by atoms with E-state index in [0.29, 0.717) is 37.9 Å². The van der Waals surface area contributed by atoms with Crippen molar-refractivity contribution in [3.8, 4) is 0 Å². The van der Waals surface area contributed by atoms with Crippen LogP contribution in [0.3, 0.4) is 0 Å². The first kappa shape index (κ1) is 23.2. The molecule has 0 aliphatic carbocycles. The molecular weight excluding hydrogens is 366 g/mol. The number of carbonyl (C=O) groups excluding carboxylic acids is 1. The summed E-state index contributed by atoms with van der Waals surface area (Å²) in [5, 5.41) is 6.54. The molecule has 2 rings (SSSR count). The lowest BCUT2D eigenvalue weighted by atomic mass is 10.2. The van der Waals surface area contributed by atoms with Gasteiger partial charge in [-0.25, -0.2) is 0 Å². The van der Waals surface area contributed by atoms with E-state index in [0.717, 1.165) is 31.8 Å². The molecule has 29 heavy (non-hydrogen) atoms. The standard InChI is InChI=1S/C22H37N5O2/c1-18(2)15-27-12-13-29-20(17-27)14-25-22(23-3)24-11-10-21(28)26(4)16-19-8-6-5-7-9-19/h5-9,18,20H,10-17H2,1-4H3,(H2,23,24,25). The van der Waals surface area contributed by atoms with Crippen molar-refractivity contribution < 1.29 is 9.53 Å². The predicted octanol–water partition coefficient (Wildman–Crippen LogP) is 1.56. The zero-order chi connectivity index (χ0) is 21.1.